The van der Waals surface area contributed by atoms with Crippen LogP contribution in [0.3, 0.4) is 0 Å². The largest absolute Gasteiger partial charge is 0.484 e. The van der Waals surface area contributed by atoms with E-state index in [0.717, 1.165) is 11.4 Å². The minimum Gasteiger partial charge on any atom is -0.484 e. The normalized spacial score (nSPS) is 10.2. The summed E-state index contributed by atoms with van der Waals surface area (Å²) in [5, 5.41) is 11.9. The van der Waals surface area contributed by atoms with Crippen LogP contribution in [0.4, 0.5) is 5.82 Å². The molecule has 1 N–H and O–H groups in total. The van der Waals surface area contributed by atoms with Crippen LogP contribution in [0.15, 0.2) is 59.1 Å². The highest BCUT2D eigenvalue weighted by Gasteiger charge is 2.12. The molecule has 0 spiro atoms. The molecule has 1 aromatic carbocycles. The summed E-state index contributed by atoms with van der Waals surface area (Å²) in [4.78, 5) is 18.5. The van der Waals surface area contributed by atoms with E-state index in [0.29, 0.717) is 23.6 Å². The summed E-state index contributed by atoms with van der Waals surface area (Å²) in [6.07, 6.45) is 1.73. The Morgan fingerprint density at radius 3 is 2.75 bits per heavy atom. The van der Waals surface area contributed by atoms with Gasteiger partial charge in [0.05, 0.1) is 5.56 Å². The van der Waals surface area contributed by atoms with E-state index in [2.05, 4.69) is 16.4 Å². The van der Waals surface area contributed by atoms with E-state index in [1.165, 1.54) is 0 Å². The zero-order valence-electron chi connectivity index (χ0n) is 15.7. The van der Waals surface area contributed by atoms with Crippen molar-refractivity contribution in [1.29, 1.82) is 5.26 Å². The molecule has 28 heavy (non-hydrogen) atoms. The van der Waals surface area contributed by atoms with Crippen LogP contribution in [0, 0.1) is 11.3 Å². The maximum absolute atomic E-state index is 12.3. The van der Waals surface area contributed by atoms with Gasteiger partial charge in [0.15, 0.2) is 5.76 Å². The highest BCUT2D eigenvalue weighted by Crippen LogP contribution is 2.19. The molecule has 142 valence electrons. The number of nitrogens with zero attached hydrogens (tertiary/aromatic N) is 3. The number of ether oxygens (including phenoxy) is 1. The smallest absolute Gasteiger partial charge is 0.287 e. The second-order valence-electron chi connectivity index (χ2n) is 6.26. The minimum atomic E-state index is -0.319. The van der Waals surface area contributed by atoms with Crippen molar-refractivity contribution in [3.63, 3.8) is 0 Å². The maximum atomic E-state index is 12.3. The third kappa shape index (κ3) is 4.68. The molecule has 3 rings (SSSR count). The predicted octanol–water partition coefficient (Wildman–Crippen LogP) is 3.12. The van der Waals surface area contributed by atoms with Gasteiger partial charge in [0.2, 0.25) is 0 Å². The van der Waals surface area contributed by atoms with Crippen LogP contribution >= 0.6 is 0 Å². The first-order chi connectivity index (χ1) is 13.6. The zero-order valence-corrected chi connectivity index (χ0v) is 15.7. The summed E-state index contributed by atoms with van der Waals surface area (Å²) in [5.74, 6) is 1.70. The third-order valence-corrected chi connectivity index (χ3v) is 3.98. The number of nitrogens with one attached hydrogen (secondary N) is 1. The van der Waals surface area contributed by atoms with E-state index in [4.69, 9.17) is 14.4 Å². The highest BCUT2D eigenvalue weighted by atomic mass is 16.5. The van der Waals surface area contributed by atoms with E-state index in [9.17, 15) is 4.79 Å². The van der Waals surface area contributed by atoms with E-state index in [1.54, 1.807) is 42.6 Å². The van der Waals surface area contributed by atoms with Crippen molar-refractivity contribution < 1.29 is 13.9 Å². The van der Waals surface area contributed by atoms with Gasteiger partial charge >= 0.3 is 0 Å². The molecule has 3 aromatic rings. The fourth-order valence-electron chi connectivity index (χ4n) is 2.47. The molecule has 0 aliphatic heterocycles. The monoisotopic (exact) mass is 376 g/mol. The van der Waals surface area contributed by atoms with Crippen molar-refractivity contribution in [2.24, 2.45) is 0 Å². The number of carbonyl (C=O) groups is 1. The number of nitriles is 1. The minimum absolute atomic E-state index is 0.127. The fourth-order valence-corrected chi connectivity index (χ4v) is 2.47. The molecule has 2 heterocycles. The number of hydrogen-bond donors (Lipinski definition) is 1. The summed E-state index contributed by atoms with van der Waals surface area (Å²) in [5.41, 5.74) is 1.34. The lowest BCUT2D eigenvalue weighted by Gasteiger charge is -2.11. The lowest BCUT2D eigenvalue weighted by molar-refractivity contribution is 0.0919. The van der Waals surface area contributed by atoms with Crippen LogP contribution in [-0.2, 0) is 13.2 Å². The number of para-hydroxylation sites is 1. The highest BCUT2D eigenvalue weighted by molar-refractivity contribution is 5.91. The molecule has 0 aliphatic rings. The number of furan rings is 1. The van der Waals surface area contributed by atoms with Crippen LogP contribution in [0.1, 0.15) is 27.4 Å². The molecule has 0 radical (unpaired) electrons. The molecule has 0 saturated carbocycles. The molecule has 0 unspecified atom stereocenters. The number of benzene rings is 1. The van der Waals surface area contributed by atoms with Gasteiger partial charge in [-0.05, 0) is 35.9 Å². The lowest BCUT2D eigenvalue weighted by atomic mass is 10.2. The summed E-state index contributed by atoms with van der Waals surface area (Å²) < 4.78 is 11.1. The Balaban J connectivity index is 1.54. The van der Waals surface area contributed by atoms with Crippen LogP contribution < -0.4 is 15.0 Å². The number of carbonyl (C=O) groups excluding carboxylic acids is 1. The van der Waals surface area contributed by atoms with Gasteiger partial charge in [0.25, 0.3) is 5.91 Å². The van der Waals surface area contributed by atoms with Crippen molar-refractivity contribution >= 4 is 11.7 Å². The van der Waals surface area contributed by atoms with Crippen LogP contribution in [0.5, 0.6) is 5.75 Å². The van der Waals surface area contributed by atoms with Gasteiger partial charge in [0.1, 0.15) is 30.0 Å². The standard InChI is InChI=1S/C21H20N4O3/c1-25(2)20-10-7-15(12-23-20)13-24-21(26)19-9-8-17(28-19)14-27-18-6-4-3-5-16(18)11-22/h3-10,12H,13-14H2,1-2H3,(H,24,26). The Morgan fingerprint density at radius 2 is 2.04 bits per heavy atom. The topological polar surface area (TPSA) is 91.4 Å². The predicted molar refractivity (Wildman–Crippen MR) is 104 cm³/mol. The van der Waals surface area contributed by atoms with Gasteiger partial charge in [-0.2, -0.15) is 5.26 Å². The maximum Gasteiger partial charge on any atom is 0.287 e. The molecule has 0 atom stereocenters. The average Bonchev–Trinajstić information content (AvgIpc) is 3.20. The van der Waals surface area contributed by atoms with Crippen molar-refractivity contribution in [3.05, 3.63) is 77.4 Å². The van der Waals surface area contributed by atoms with Gasteiger partial charge in [-0.3, -0.25) is 4.79 Å². The van der Waals surface area contributed by atoms with E-state index in [1.807, 2.05) is 31.1 Å². The molecule has 1 amide bonds. The SMILES string of the molecule is CN(C)c1ccc(CNC(=O)c2ccc(COc3ccccc3C#N)o2)cn1. The molecule has 0 aliphatic carbocycles. The molecule has 2 aromatic heterocycles. The number of rotatable bonds is 7. The number of anilines is 1. The van der Waals surface area contributed by atoms with Crippen molar-refractivity contribution in [2.45, 2.75) is 13.2 Å². The zero-order chi connectivity index (χ0) is 19.9. The summed E-state index contributed by atoms with van der Waals surface area (Å²) in [6, 6.07) is 16.1. The number of pyridine rings is 1. The number of aromatic nitrogens is 1. The van der Waals surface area contributed by atoms with Crippen LogP contribution in [0.2, 0.25) is 0 Å². The second kappa shape index (κ2) is 8.73. The average molecular weight is 376 g/mol. The number of amides is 1. The summed E-state index contributed by atoms with van der Waals surface area (Å²) >= 11 is 0. The van der Waals surface area contributed by atoms with Crippen LogP contribution in [-0.4, -0.2) is 25.0 Å². The molecule has 0 fully saturated rings. The molecular formula is C21H20N4O3. The van der Waals surface area contributed by atoms with Crippen molar-refractivity contribution in [1.82, 2.24) is 10.3 Å². The van der Waals surface area contributed by atoms with E-state index < -0.39 is 0 Å². The Kier molecular flexibility index (Phi) is 5.92. The Bertz CT molecular complexity index is 987. The van der Waals surface area contributed by atoms with E-state index >= 15 is 0 Å². The Labute approximate surface area is 163 Å². The van der Waals surface area contributed by atoms with Gasteiger partial charge in [-0.15, -0.1) is 0 Å². The van der Waals surface area contributed by atoms with Gasteiger partial charge in [-0.1, -0.05) is 18.2 Å². The molecule has 7 nitrogen and oxygen atoms in total. The molecule has 0 bridgehead atoms. The molecule has 7 heteroatoms. The first-order valence-corrected chi connectivity index (χ1v) is 8.68. The first-order valence-electron chi connectivity index (χ1n) is 8.68. The number of hydrogen-bond acceptors (Lipinski definition) is 6. The molecule has 0 saturated heterocycles. The van der Waals surface area contributed by atoms with E-state index in [-0.39, 0.29) is 18.3 Å². The molecular weight excluding hydrogens is 356 g/mol. The quantitative estimate of drug-likeness (QED) is 0.681. The Hall–Kier alpha value is -3.79. The second-order valence-corrected chi connectivity index (χ2v) is 6.26. The third-order valence-electron chi connectivity index (χ3n) is 3.98. The van der Waals surface area contributed by atoms with Crippen molar-refractivity contribution in [2.75, 3.05) is 19.0 Å². The van der Waals surface area contributed by atoms with Gasteiger partial charge in [-0.25, -0.2) is 4.98 Å². The lowest BCUT2D eigenvalue weighted by Crippen LogP contribution is -2.22. The summed E-state index contributed by atoms with van der Waals surface area (Å²) in [7, 11) is 3.84. The Morgan fingerprint density at radius 1 is 1.21 bits per heavy atom. The van der Waals surface area contributed by atoms with Gasteiger partial charge in [0, 0.05) is 26.8 Å². The van der Waals surface area contributed by atoms with Crippen molar-refractivity contribution in [3.8, 4) is 11.8 Å². The van der Waals surface area contributed by atoms with Crippen LogP contribution in [0.25, 0.3) is 0 Å². The summed E-state index contributed by atoms with van der Waals surface area (Å²) in [6.45, 7) is 0.476. The van der Waals surface area contributed by atoms with Gasteiger partial charge < -0.3 is 19.4 Å². The fraction of sp³-hybridized carbons (Fsp3) is 0.190. The first kappa shape index (κ1) is 19.0.